The second-order valence-corrected chi connectivity index (χ2v) is 6.85. The fraction of sp³-hybridized carbons (Fsp3) is 0.450. The number of rotatable bonds is 3. The predicted octanol–water partition coefficient (Wildman–Crippen LogP) is 2.34. The van der Waals surface area contributed by atoms with Gasteiger partial charge in [0, 0.05) is 44.6 Å². The molecule has 4 rings (SSSR count). The molecule has 0 spiro atoms. The van der Waals surface area contributed by atoms with Crippen LogP contribution in [-0.4, -0.2) is 64.9 Å². The van der Waals surface area contributed by atoms with E-state index < -0.39 is 0 Å². The van der Waals surface area contributed by atoms with Crippen LogP contribution in [0.25, 0.3) is 0 Å². The Hall–Kier alpha value is -2.47. The number of hydrogen-bond donors (Lipinski definition) is 0. The Morgan fingerprint density at radius 2 is 1.88 bits per heavy atom. The minimum absolute atomic E-state index is 0.00898. The molecule has 1 aromatic heterocycles. The van der Waals surface area contributed by atoms with Crippen molar-refractivity contribution in [1.29, 1.82) is 0 Å². The normalized spacial score (nSPS) is 17.9. The molecule has 2 aromatic rings. The first-order chi connectivity index (χ1) is 12.8. The number of carbonyl (C=O) groups excluding carboxylic acids is 1. The lowest BCUT2D eigenvalue weighted by Gasteiger charge is -2.34. The highest BCUT2D eigenvalue weighted by atomic mass is 16.2. The first-order valence-corrected chi connectivity index (χ1v) is 9.46. The highest BCUT2D eigenvalue weighted by Gasteiger charge is 2.24. The Morgan fingerprint density at radius 1 is 1.08 bits per heavy atom. The molecule has 2 aliphatic heterocycles. The van der Waals surface area contributed by atoms with Crippen LogP contribution < -0.4 is 4.90 Å². The monoisotopic (exact) mass is 351 g/mol. The van der Waals surface area contributed by atoms with Crippen LogP contribution in [0.1, 0.15) is 29.4 Å². The fourth-order valence-corrected chi connectivity index (χ4v) is 3.77. The van der Waals surface area contributed by atoms with Gasteiger partial charge in [-0.05, 0) is 37.1 Å². The van der Waals surface area contributed by atoms with Gasteiger partial charge < -0.3 is 14.7 Å². The molecular formula is C20H25N5O. The number of para-hydroxylation sites is 1. The van der Waals surface area contributed by atoms with Gasteiger partial charge in [0.25, 0.3) is 5.91 Å². The quantitative estimate of drug-likeness (QED) is 0.850. The smallest absolute Gasteiger partial charge is 0.272 e. The number of anilines is 2. The molecule has 136 valence electrons. The van der Waals surface area contributed by atoms with Crippen molar-refractivity contribution < 1.29 is 4.79 Å². The summed E-state index contributed by atoms with van der Waals surface area (Å²) >= 11 is 0. The fourth-order valence-electron chi connectivity index (χ4n) is 3.77. The number of carbonyl (C=O) groups is 1. The van der Waals surface area contributed by atoms with Gasteiger partial charge in [-0.15, -0.1) is 0 Å². The third-order valence-corrected chi connectivity index (χ3v) is 5.32. The lowest BCUT2D eigenvalue weighted by molar-refractivity contribution is 0.0637. The van der Waals surface area contributed by atoms with Crippen LogP contribution in [0.15, 0.2) is 36.5 Å². The number of fused-ring (bicyclic) bond motifs is 1. The summed E-state index contributed by atoms with van der Waals surface area (Å²) in [4.78, 5) is 28.3. The Kier molecular flexibility index (Phi) is 4.84. The molecule has 1 fully saturated rings. The van der Waals surface area contributed by atoms with E-state index in [0.29, 0.717) is 11.6 Å². The summed E-state index contributed by atoms with van der Waals surface area (Å²) in [5.41, 5.74) is 2.96. The zero-order chi connectivity index (χ0) is 17.9. The molecular weight excluding hydrogens is 326 g/mol. The topological polar surface area (TPSA) is 52.6 Å². The van der Waals surface area contributed by atoms with Crippen LogP contribution in [0.3, 0.4) is 0 Å². The Labute approximate surface area is 154 Å². The maximum Gasteiger partial charge on any atom is 0.272 e. The number of nitrogens with zero attached hydrogens (tertiary/aromatic N) is 5. The van der Waals surface area contributed by atoms with E-state index in [-0.39, 0.29) is 5.91 Å². The van der Waals surface area contributed by atoms with E-state index in [9.17, 15) is 4.79 Å². The van der Waals surface area contributed by atoms with Crippen LogP contribution in [0.4, 0.5) is 11.6 Å². The molecule has 6 nitrogen and oxygen atoms in total. The predicted molar refractivity (Wildman–Crippen MR) is 102 cm³/mol. The number of hydrogen-bond acceptors (Lipinski definition) is 5. The molecule has 1 aromatic carbocycles. The van der Waals surface area contributed by atoms with Crippen LogP contribution in [0.5, 0.6) is 0 Å². The van der Waals surface area contributed by atoms with Crippen molar-refractivity contribution in [3.05, 3.63) is 47.8 Å². The van der Waals surface area contributed by atoms with E-state index in [0.717, 1.165) is 57.8 Å². The number of aryl methyl sites for hydroxylation is 1. The zero-order valence-electron chi connectivity index (χ0n) is 15.3. The summed E-state index contributed by atoms with van der Waals surface area (Å²) in [5, 5.41) is 0. The van der Waals surface area contributed by atoms with Gasteiger partial charge in [0.15, 0.2) is 0 Å². The molecule has 0 saturated carbocycles. The highest BCUT2D eigenvalue weighted by molar-refractivity contribution is 5.92. The molecule has 3 heterocycles. The second-order valence-electron chi connectivity index (χ2n) is 6.85. The van der Waals surface area contributed by atoms with Crippen molar-refractivity contribution in [2.75, 3.05) is 44.2 Å². The van der Waals surface area contributed by atoms with E-state index in [1.54, 1.807) is 12.3 Å². The highest BCUT2D eigenvalue weighted by Crippen LogP contribution is 2.31. The molecule has 1 amide bonds. The van der Waals surface area contributed by atoms with Crippen LogP contribution >= 0.6 is 0 Å². The summed E-state index contributed by atoms with van der Waals surface area (Å²) in [5.74, 6) is 0.630. The second kappa shape index (κ2) is 7.41. The molecule has 2 aliphatic rings. The summed E-state index contributed by atoms with van der Waals surface area (Å²) in [6.07, 6.45) is 3.85. The van der Waals surface area contributed by atoms with Gasteiger partial charge in [0.05, 0.1) is 0 Å². The zero-order valence-corrected chi connectivity index (χ0v) is 15.3. The Morgan fingerprint density at radius 3 is 2.69 bits per heavy atom. The minimum Gasteiger partial charge on any atom is -0.335 e. The van der Waals surface area contributed by atoms with E-state index in [2.05, 4.69) is 44.9 Å². The average molecular weight is 351 g/mol. The number of piperazine rings is 1. The van der Waals surface area contributed by atoms with Gasteiger partial charge in [-0.25, -0.2) is 9.97 Å². The third kappa shape index (κ3) is 3.29. The van der Waals surface area contributed by atoms with E-state index in [4.69, 9.17) is 0 Å². The minimum atomic E-state index is 0.00898. The molecule has 1 saturated heterocycles. The standard InChI is InChI=1S/C20H25N5O/c1-2-23-12-14-24(15-13-23)19(26)17-9-10-21-20(22-17)25-11-5-7-16-6-3-4-8-18(16)25/h3-4,6,8-10H,2,5,7,11-15H2,1H3. The van der Waals surface area contributed by atoms with E-state index >= 15 is 0 Å². The Bertz CT molecular complexity index is 785. The van der Waals surface area contributed by atoms with Crippen LogP contribution in [0, 0.1) is 0 Å². The largest absolute Gasteiger partial charge is 0.335 e. The van der Waals surface area contributed by atoms with E-state index in [1.807, 2.05) is 11.0 Å². The molecule has 6 heteroatoms. The maximum absolute atomic E-state index is 12.9. The number of amides is 1. The van der Waals surface area contributed by atoms with Gasteiger partial charge >= 0.3 is 0 Å². The molecule has 0 atom stereocenters. The molecule has 0 aliphatic carbocycles. The van der Waals surface area contributed by atoms with Crippen LogP contribution in [0.2, 0.25) is 0 Å². The van der Waals surface area contributed by atoms with Gasteiger partial charge in [-0.2, -0.15) is 0 Å². The van der Waals surface area contributed by atoms with E-state index in [1.165, 1.54) is 5.56 Å². The third-order valence-electron chi connectivity index (χ3n) is 5.32. The van der Waals surface area contributed by atoms with Crippen molar-refractivity contribution in [1.82, 2.24) is 19.8 Å². The lowest BCUT2D eigenvalue weighted by atomic mass is 10.0. The summed E-state index contributed by atoms with van der Waals surface area (Å²) in [7, 11) is 0. The molecule has 0 unspecified atom stereocenters. The molecule has 0 radical (unpaired) electrons. The lowest BCUT2D eigenvalue weighted by Crippen LogP contribution is -2.48. The van der Waals surface area contributed by atoms with Crippen LogP contribution in [-0.2, 0) is 6.42 Å². The van der Waals surface area contributed by atoms with Gasteiger partial charge in [0.1, 0.15) is 5.69 Å². The summed E-state index contributed by atoms with van der Waals surface area (Å²) < 4.78 is 0. The molecule has 0 bridgehead atoms. The van der Waals surface area contributed by atoms with Gasteiger partial charge in [-0.3, -0.25) is 4.79 Å². The SMILES string of the molecule is CCN1CCN(C(=O)c2ccnc(N3CCCc4ccccc43)n2)CC1. The van der Waals surface area contributed by atoms with Crippen molar-refractivity contribution in [3.63, 3.8) is 0 Å². The maximum atomic E-state index is 12.9. The molecule has 26 heavy (non-hydrogen) atoms. The van der Waals surface area contributed by atoms with Crippen molar-refractivity contribution in [3.8, 4) is 0 Å². The summed E-state index contributed by atoms with van der Waals surface area (Å²) in [6, 6.07) is 10.1. The van der Waals surface area contributed by atoms with Gasteiger partial charge in [0.2, 0.25) is 5.95 Å². The van der Waals surface area contributed by atoms with Crippen molar-refractivity contribution in [2.24, 2.45) is 0 Å². The van der Waals surface area contributed by atoms with Crippen molar-refractivity contribution in [2.45, 2.75) is 19.8 Å². The Balaban J connectivity index is 1.55. The van der Waals surface area contributed by atoms with Gasteiger partial charge in [-0.1, -0.05) is 25.1 Å². The number of benzene rings is 1. The average Bonchev–Trinajstić information content (AvgIpc) is 2.73. The van der Waals surface area contributed by atoms with Crippen molar-refractivity contribution >= 4 is 17.5 Å². The number of aromatic nitrogens is 2. The number of likely N-dealkylation sites (N-methyl/N-ethyl adjacent to an activating group) is 1. The first kappa shape index (κ1) is 17.0. The summed E-state index contributed by atoms with van der Waals surface area (Å²) in [6.45, 7) is 7.46. The first-order valence-electron chi connectivity index (χ1n) is 9.46. The molecule has 0 N–H and O–H groups in total.